The maximum atomic E-state index is 14.2. The fraction of sp³-hybridized carbons (Fsp3) is 0.500. The molecule has 0 saturated carbocycles. The van der Waals surface area contributed by atoms with E-state index in [1.54, 1.807) is 24.3 Å². The topological polar surface area (TPSA) is 126 Å². The Balaban J connectivity index is 1.78. The molecule has 0 aromatic heterocycles. The predicted octanol–water partition coefficient (Wildman–Crippen LogP) is 4.50. The molecule has 2 aliphatic rings. The molecule has 42 heavy (non-hydrogen) atoms. The van der Waals surface area contributed by atoms with Crippen molar-refractivity contribution in [3.63, 3.8) is 0 Å². The molecule has 0 radical (unpaired) electrons. The van der Waals surface area contributed by atoms with Gasteiger partial charge in [-0.25, -0.2) is 4.99 Å². The third-order valence-corrected chi connectivity index (χ3v) is 8.20. The van der Waals surface area contributed by atoms with E-state index < -0.39 is 46.4 Å². The fourth-order valence-electron chi connectivity index (χ4n) is 5.64. The highest BCUT2D eigenvalue weighted by Gasteiger charge is 2.44. The molecule has 0 aliphatic carbocycles. The lowest BCUT2D eigenvalue weighted by atomic mass is 9.86. The quantitative estimate of drug-likeness (QED) is 0.395. The molecule has 2 amide bonds. The van der Waals surface area contributed by atoms with Gasteiger partial charge in [0, 0.05) is 19.3 Å². The van der Waals surface area contributed by atoms with Crippen LogP contribution in [0.25, 0.3) is 0 Å². The molecule has 2 aliphatic heterocycles. The highest BCUT2D eigenvalue weighted by atomic mass is 19.4. The molecule has 12 heteroatoms. The maximum absolute atomic E-state index is 14.2. The Kier molecular flexibility index (Phi) is 8.89. The van der Waals surface area contributed by atoms with E-state index in [2.05, 4.69) is 10.3 Å². The van der Waals surface area contributed by atoms with Crippen LogP contribution in [0.5, 0.6) is 5.75 Å². The largest absolute Gasteiger partial charge is 0.490 e. The number of rotatable bonds is 9. The molecule has 0 spiro atoms. The Hall–Kier alpha value is -3.64. The molecular weight excluding hydrogens is 553 g/mol. The number of hydrogen-bond donors (Lipinski definition) is 3. The van der Waals surface area contributed by atoms with Crippen LogP contribution in [-0.2, 0) is 15.7 Å². The van der Waals surface area contributed by atoms with Crippen LogP contribution >= 0.6 is 0 Å². The number of halogens is 3. The molecule has 4 rings (SSSR count). The average Bonchev–Trinajstić information content (AvgIpc) is 2.95. The molecule has 2 aromatic carbocycles. The Morgan fingerprint density at radius 1 is 1.26 bits per heavy atom. The molecule has 1 unspecified atom stereocenters. The number of benzene rings is 2. The first kappa shape index (κ1) is 31.3. The Labute approximate surface area is 242 Å². The number of aliphatic imine (C=N–C) groups is 1. The van der Waals surface area contributed by atoms with Gasteiger partial charge in [0.1, 0.15) is 18.0 Å². The van der Waals surface area contributed by atoms with Gasteiger partial charge in [-0.05, 0) is 49.9 Å². The SMILES string of the molecule is CCC1(CC)CC(=O)N(C(CCOC)c2ccc(C(F)(F)F)c(C(=O)N[C@@H]3c4ccccc4OC[C@@]3(C)O)c2)C(N)=N1. The number of alkyl halides is 3. The van der Waals surface area contributed by atoms with Crippen LogP contribution in [0.15, 0.2) is 47.5 Å². The van der Waals surface area contributed by atoms with Gasteiger partial charge in [-0.3, -0.25) is 14.5 Å². The van der Waals surface area contributed by atoms with E-state index in [1.807, 2.05) is 13.8 Å². The number of carbonyl (C=O) groups excluding carboxylic acids is 2. The van der Waals surface area contributed by atoms with Gasteiger partial charge in [0.05, 0.1) is 35.2 Å². The number of methoxy groups -OCH3 is 1. The number of nitrogens with one attached hydrogen (secondary N) is 1. The summed E-state index contributed by atoms with van der Waals surface area (Å²) < 4.78 is 53.4. The van der Waals surface area contributed by atoms with Crippen LogP contribution in [0.1, 0.15) is 85.6 Å². The Morgan fingerprint density at radius 3 is 2.57 bits per heavy atom. The van der Waals surface area contributed by atoms with Crippen molar-refractivity contribution < 1.29 is 37.3 Å². The summed E-state index contributed by atoms with van der Waals surface area (Å²) in [4.78, 5) is 33.0. The minimum Gasteiger partial charge on any atom is -0.490 e. The predicted molar refractivity (Wildman–Crippen MR) is 150 cm³/mol. The van der Waals surface area contributed by atoms with Crippen molar-refractivity contribution in [2.24, 2.45) is 10.7 Å². The summed E-state index contributed by atoms with van der Waals surface area (Å²) in [5, 5.41) is 13.6. The van der Waals surface area contributed by atoms with Crippen LogP contribution in [0, 0.1) is 0 Å². The van der Waals surface area contributed by atoms with E-state index in [4.69, 9.17) is 15.2 Å². The van der Waals surface area contributed by atoms with E-state index in [1.165, 1.54) is 25.0 Å². The number of aliphatic hydroxyl groups is 1. The van der Waals surface area contributed by atoms with E-state index >= 15 is 0 Å². The minimum absolute atomic E-state index is 0.0307. The average molecular weight is 591 g/mol. The van der Waals surface area contributed by atoms with Gasteiger partial charge in [-0.1, -0.05) is 38.1 Å². The molecule has 2 heterocycles. The molecular formula is C30H37F3N4O5. The number of amides is 2. The summed E-state index contributed by atoms with van der Waals surface area (Å²) in [5.74, 6) is -0.975. The summed E-state index contributed by atoms with van der Waals surface area (Å²) in [6.45, 7) is 5.26. The van der Waals surface area contributed by atoms with Crippen molar-refractivity contribution in [3.8, 4) is 5.75 Å². The summed E-state index contributed by atoms with van der Waals surface area (Å²) in [7, 11) is 1.47. The summed E-state index contributed by atoms with van der Waals surface area (Å²) >= 11 is 0. The highest BCUT2D eigenvalue weighted by molar-refractivity contribution is 6.00. The van der Waals surface area contributed by atoms with Gasteiger partial charge in [-0.15, -0.1) is 0 Å². The second-order valence-corrected chi connectivity index (χ2v) is 11.0. The zero-order valence-electron chi connectivity index (χ0n) is 24.1. The third-order valence-electron chi connectivity index (χ3n) is 8.20. The summed E-state index contributed by atoms with van der Waals surface area (Å²) in [5.41, 5.74) is 2.95. The Morgan fingerprint density at radius 2 is 1.95 bits per heavy atom. The second kappa shape index (κ2) is 11.9. The van der Waals surface area contributed by atoms with Crippen LogP contribution < -0.4 is 15.8 Å². The Bertz CT molecular complexity index is 1360. The van der Waals surface area contributed by atoms with Crippen molar-refractivity contribution in [3.05, 3.63) is 64.7 Å². The maximum Gasteiger partial charge on any atom is 0.417 e. The van der Waals surface area contributed by atoms with Crippen LogP contribution in [0.3, 0.4) is 0 Å². The number of para-hydroxylation sites is 1. The molecule has 4 N–H and O–H groups in total. The van der Waals surface area contributed by atoms with Crippen LogP contribution in [0.4, 0.5) is 13.2 Å². The first-order valence-electron chi connectivity index (χ1n) is 13.9. The van der Waals surface area contributed by atoms with E-state index in [9.17, 15) is 27.9 Å². The van der Waals surface area contributed by atoms with Crippen molar-refractivity contribution in [2.45, 2.75) is 75.9 Å². The summed E-state index contributed by atoms with van der Waals surface area (Å²) in [6, 6.07) is 7.97. The summed E-state index contributed by atoms with van der Waals surface area (Å²) in [6.07, 6.45) is -3.38. The number of carbonyl (C=O) groups is 2. The normalized spacial score (nSPS) is 22.6. The van der Waals surface area contributed by atoms with Crippen molar-refractivity contribution >= 4 is 17.8 Å². The number of nitrogens with zero attached hydrogens (tertiary/aromatic N) is 2. The monoisotopic (exact) mass is 590 g/mol. The van der Waals surface area contributed by atoms with Crippen LogP contribution in [-0.4, -0.2) is 59.2 Å². The first-order valence-corrected chi connectivity index (χ1v) is 13.9. The van der Waals surface area contributed by atoms with Gasteiger partial charge in [0.2, 0.25) is 5.91 Å². The van der Waals surface area contributed by atoms with Crippen LogP contribution in [0.2, 0.25) is 0 Å². The molecule has 0 bridgehead atoms. The lowest BCUT2D eigenvalue weighted by Crippen LogP contribution is -2.52. The van der Waals surface area contributed by atoms with E-state index in [0.29, 0.717) is 24.2 Å². The standard InChI is InChI=1S/C30H37F3N4O5/c1-5-29(6-2)16-24(38)37(27(34)36-29)22(13-14-41-4)18-11-12-21(30(31,32)33)20(15-18)26(39)35-25-19-9-7-8-10-23(19)42-17-28(25,3)40/h7-12,15,22,25,40H,5-6,13-14,16-17H2,1-4H3,(H2,34,36)(H,35,39)/t22?,25-,28-/m1/s1. The number of nitrogens with two attached hydrogens (primary N) is 1. The van der Waals surface area contributed by atoms with Gasteiger partial charge in [-0.2, -0.15) is 13.2 Å². The molecule has 0 fully saturated rings. The van der Waals surface area contributed by atoms with E-state index in [0.717, 1.165) is 12.1 Å². The molecule has 9 nitrogen and oxygen atoms in total. The smallest absolute Gasteiger partial charge is 0.417 e. The zero-order chi connectivity index (χ0) is 30.9. The minimum atomic E-state index is -4.85. The lowest BCUT2D eigenvalue weighted by Gasteiger charge is -2.40. The molecule has 228 valence electrons. The van der Waals surface area contributed by atoms with Gasteiger partial charge in [0.15, 0.2) is 5.96 Å². The molecule has 3 atom stereocenters. The molecule has 2 aromatic rings. The number of hydrogen-bond acceptors (Lipinski definition) is 7. The van der Waals surface area contributed by atoms with Crippen molar-refractivity contribution in [1.82, 2.24) is 10.2 Å². The van der Waals surface area contributed by atoms with Gasteiger partial charge in [0.25, 0.3) is 5.91 Å². The van der Waals surface area contributed by atoms with Crippen molar-refractivity contribution in [2.75, 3.05) is 20.3 Å². The second-order valence-electron chi connectivity index (χ2n) is 11.0. The lowest BCUT2D eigenvalue weighted by molar-refractivity contribution is -0.138. The first-order chi connectivity index (χ1) is 19.8. The van der Waals surface area contributed by atoms with Gasteiger partial charge < -0.3 is 25.6 Å². The zero-order valence-corrected chi connectivity index (χ0v) is 24.1. The number of ether oxygens (including phenoxy) is 2. The highest BCUT2D eigenvalue weighted by Crippen LogP contribution is 2.40. The third kappa shape index (κ3) is 6.10. The number of guanidine groups is 1. The van der Waals surface area contributed by atoms with Gasteiger partial charge >= 0.3 is 6.18 Å². The van der Waals surface area contributed by atoms with Crippen molar-refractivity contribution in [1.29, 1.82) is 0 Å². The molecule has 0 saturated heterocycles. The van der Waals surface area contributed by atoms with E-state index in [-0.39, 0.29) is 43.5 Å². The fourth-order valence-corrected chi connectivity index (χ4v) is 5.64. The number of fused-ring (bicyclic) bond motifs is 1.